The average molecular weight is 542 g/mol. The molecule has 5 aromatic rings. The maximum absolute atomic E-state index is 14.8. The van der Waals surface area contributed by atoms with Crippen molar-refractivity contribution in [2.45, 2.75) is 26.3 Å². The number of urea groups is 1. The van der Waals surface area contributed by atoms with E-state index in [1.54, 1.807) is 55.7 Å². The van der Waals surface area contributed by atoms with Crippen LogP contribution in [0.4, 0.5) is 26.5 Å². The van der Waals surface area contributed by atoms with Gasteiger partial charge in [-0.3, -0.25) is 19.0 Å². The van der Waals surface area contributed by atoms with Crippen LogP contribution in [0.25, 0.3) is 33.4 Å². The fourth-order valence-electron chi connectivity index (χ4n) is 4.16. The summed E-state index contributed by atoms with van der Waals surface area (Å²) in [5.41, 5.74) is 2.09. The van der Waals surface area contributed by atoms with Gasteiger partial charge in [0, 0.05) is 55.4 Å². The van der Waals surface area contributed by atoms with Gasteiger partial charge in [-0.15, -0.1) is 0 Å². The van der Waals surface area contributed by atoms with Crippen LogP contribution in [0.1, 0.15) is 20.8 Å². The maximum atomic E-state index is 14.8. The second kappa shape index (κ2) is 10.2. The Morgan fingerprint density at radius 1 is 1.02 bits per heavy atom. The molecule has 2 amide bonds. The van der Waals surface area contributed by atoms with Crippen LogP contribution in [-0.4, -0.2) is 42.4 Å². The number of amides is 2. The van der Waals surface area contributed by atoms with E-state index in [0.29, 0.717) is 45.1 Å². The van der Waals surface area contributed by atoms with E-state index in [-0.39, 0.29) is 16.8 Å². The highest BCUT2D eigenvalue weighted by Crippen LogP contribution is 2.30. The molecule has 1 aromatic carbocycles. The van der Waals surface area contributed by atoms with Crippen molar-refractivity contribution in [3.63, 3.8) is 0 Å². The van der Waals surface area contributed by atoms with Crippen LogP contribution in [0.5, 0.6) is 0 Å². The van der Waals surface area contributed by atoms with Crippen molar-refractivity contribution in [1.29, 1.82) is 0 Å². The van der Waals surface area contributed by atoms with Gasteiger partial charge in [0.15, 0.2) is 0 Å². The summed E-state index contributed by atoms with van der Waals surface area (Å²) in [5, 5.41) is 13.5. The van der Waals surface area contributed by atoms with Crippen LogP contribution in [0.3, 0.4) is 0 Å². The van der Waals surface area contributed by atoms with Crippen LogP contribution >= 0.6 is 0 Å². The lowest BCUT2D eigenvalue weighted by molar-refractivity contribution is 0.262. The molecule has 4 heterocycles. The minimum atomic E-state index is -0.672. The third kappa shape index (κ3) is 5.10. The van der Waals surface area contributed by atoms with E-state index in [1.165, 1.54) is 22.8 Å². The van der Waals surface area contributed by atoms with Crippen LogP contribution in [0.2, 0.25) is 0 Å². The lowest BCUT2D eigenvalue weighted by Gasteiger charge is -2.18. The summed E-state index contributed by atoms with van der Waals surface area (Å²) in [6.07, 6.45) is 6.62. The Labute approximate surface area is 229 Å². The molecule has 0 atom stereocenters. The van der Waals surface area contributed by atoms with E-state index in [2.05, 4.69) is 36.0 Å². The minimum Gasteiger partial charge on any atom is -0.357 e. The van der Waals surface area contributed by atoms with Crippen molar-refractivity contribution in [3.05, 3.63) is 77.4 Å². The third-order valence-corrected chi connectivity index (χ3v) is 6.28. The number of carbonyl (C=O) groups excluding carboxylic acids is 1. The fraction of sp³-hybridized carbons (Fsp3) is 0.214. The van der Waals surface area contributed by atoms with E-state index in [0.717, 1.165) is 0 Å². The van der Waals surface area contributed by atoms with Gasteiger partial charge in [0.05, 0.1) is 16.9 Å². The number of hydrogen-bond acceptors (Lipinski definition) is 7. The second-order valence-corrected chi connectivity index (χ2v) is 10.2. The van der Waals surface area contributed by atoms with Crippen molar-refractivity contribution in [2.24, 2.45) is 7.05 Å². The van der Waals surface area contributed by atoms with Crippen molar-refractivity contribution in [1.82, 2.24) is 29.3 Å². The first-order valence-corrected chi connectivity index (χ1v) is 12.5. The number of nitrogens with one attached hydrogen (secondary N) is 3. The molecule has 0 aliphatic heterocycles. The maximum Gasteiger partial charge on any atom is 0.323 e. The van der Waals surface area contributed by atoms with E-state index in [4.69, 9.17) is 0 Å². The van der Waals surface area contributed by atoms with Gasteiger partial charge in [-0.1, -0.05) is 6.07 Å². The zero-order chi connectivity index (χ0) is 28.6. The molecule has 40 heavy (non-hydrogen) atoms. The monoisotopic (exact) mass is 541 g/mol. The second-order valence-electron chi connectivity index (χ2n) is 10.2. The highest BCUT2D eigenvalue weighted by molar-refractivity contribution is 6.02. The average Bonchev–Trinajstić information content (AvgIpc) is 3.36. The van der Waals surface area contributed by atoms with Crippen molar-refractivity contribution >= 4 is 34.4 Å². The molecule has 0 spiro atoms. The molecular weight excluding hydrogens is 513 g/mol. The van der Waals surface area contributed by atoms with Crippen molar-refractivity contribution < 1.29 is 9.18 Å². The first-order valence-electron chi connectivity index (χ1n) is 12.5. The van der Waals surface area contributed by atoms with Crippen molar-refractivity contribution in [3.8, 4) is 22.4 Å². The molecular formula is C28H28FN9O2. The summed E-state index contributed by atoms with van der Waals surface area (Å²) in [4.78, 5) is 38.9. The standard InChI is InChI=1S/C28H28FN9O2/c1-28(2,3)38-15-22(23(36-38)17-7-6-10-31-13-17)34-27(40)33-21-12-16(8-9-20(21)29)19-11-18-14-32-26(30-4)35-24(18)37(5)25(19)39/h6-15H,1-5H3,(H,30,32,35)(H2,33,34,40). The molecule has 0 bridgehead atoms. The predicted octanol–water partition coefficient (Wildman–Crippen LogP) is 4.83. The Kier molecular flexibility index (Phi) is 6.76. The fourth-order valence-corrected chi connectivity index (χ4v) is 4.16. The molecule has 0 aliphatic carbocycles. The highest BCUT2D eigenvalue weighted by atomic mass is 19.1. The Balaban J connectivity index is 1.46. The Morgan fingerprint density at radius 3 is 2.50 bits per heavy atom. The Hall–Kier alpha value is -5.13. The first-order chi connectivity index (χ1) is 19.0. The van der Waals surface area contributed by atoms with Gasteiger partial charge >= 0.3 is 6.03 Å². The summed E-state index contributed by atoms with van der Waals surface area (Å²) in [5.74, 6) is -0.273. The van der Waals surface area contributed by atoms with Gasteiger partial charge in [-0.05, 0) is 56.7 Å². The van der Waals surface area contributed by atoms with Gasteiger partial charge < -0.3 is 16.0 Å². The van der Waals surface area contributed by atoms with E-state index in [9.17, 15) is 14.0 Å². The SMILES string of the molecule is CNc1ncc2cc(-c3ccc(F)c(NC(=O)Nc4cn(C(C)(C)C)nc4-c4cccnc4)c3)c(=O)n(C)c2n1. The molecule has 0 fully saturated rings. The number of aromatic nitrogens is 6. The topological polar surface area (TPSA) is 132 Å². The number of rotatable bonds is 5. The molecule has 0 unspecified atom stereocenters. The Morgan fingerprint density at radius 2 is 1.80 bits per heavy atom. The molecule has 0 saturated heterocycles. The van der Waals surface area contributed by atoms with Gasteiger partial charge in [0.1, 0.15) is 17.2 Å². The van der Waals surface area contributed by atoms with Crippen LogP contribution in [0, 0.1) is 5.82 Å². The number of anilines is 3. The molecule has 12 heteroatoms. The van der Waals surface area contributed by atoms with Crippen molar-refractivity contribution in [2.75, 3.05) is 23.0 Å². The number of pyridine rings is 2. The van der Waals surface area contributed by atoms with Crippen LogP contribution < -0.4 is 21.5 Å². The summed E-state index contributed by atoms with van der Waals surface area (Å²) >= 11 is 0. The molecule has 0 saturated carbocycles. The number of aryl methyl sites for hydroxylation is 1. The zero-order valence-corrected chi connectivity index (χ0v) is 22.7. The minimum absolute atomic E-state index is 0.0925. The van der Waals surface area contributed by atoms with E-state index >= 15 is 0 Å². The summed E-state index contributed by atoms with van der Waals surface area (Å²) in [7, 11) is 3.29. The molecule has 3 N–H and O–H groups in total. The zero-order valence-electron chi connectivity index (χ0n) is 22.7. The number of benzene rings is 1. The van der Waals surface area contributed by atoms with Crippen LogP contribution in [-0.2, 0) is 12.6 Å². The summed E-state index contributed by atoms with van der Waals surface area (Å²) in [6, 6.07) is 8.69. The lowest BCUT2D eigenvalue weighted by Crippen LogP contribution is -2.22. The molecule has 11 nitrogen and oxygen atoms in total. The van der Waals surface area contributed by atoms with Gasteiger partial charge in [0.2, 0.25) is 5.95 Å². The van der Waals surface area contributed by atoms with Gasteiger partial charge in [-0.2, -0.15) is 10.1 Å². The lowest BCUT2D eigenvalue weighted by atomic mass is 10.1. The first kappa shape index (κ1) is 26.5. The molecule has 0 radical (unpaired) electrons. The quantitative estimate of drug-likeness (QED) is 0.290. The largest absolute Gasteiger partial charge is 0.357 e. The molecule has 0 aliphatic rings. The molecule has 4 aromatic heterocycles. The number of fused-ring (bicyclic) bond motifs is 1. The number of hydrogen-bond donors (Lipinski definition) is 3. The van der Waals surface area contributed by atoms with E-state index in [1.807, 2.05) is 26.8 Å². The van der Waals surface area contributed by atoms with Crippen LogP contribution in [0.15, 0.2) is 66.0 Å². The Bertz CT molecular complexity index is 1790. The van der Waals surface area contributed by atoms with Gasteiger partial charge in [-0.25, -0.2) is 14.2 Å². The number of nitrogens with zero attached hydrogens (tertiary/aromatic N) is 6. The third-order valence-electron chi connectivity index (χ3n) is 6.28. The normalized spacial score (nSPS) is 11.4. The summed E-state index contributed by atoms with van der Waals surface area (Å²) in [6.45, 7) is 5.96. The summed E-state index contributed by atoms with van der Waals surface area (Å²) < 4.78 is 18.0. The van der Waals surface area contributed by atoms with Gasteiger partial charge in [0.25, 0.3) is 5.56 Å². The molecule has 5 rings (SSSR count). The number of carbonyl (C=O) groups is 1. The predicted molar refractivity (Wildman–Crippen MR) is 153 cm³/mol. The smallest absolute Gasteiger partial charge is 0.323 e. The van der Waals surface area contributed by atoms with E-state index < -0.39 is 11.8 Å². The molecule has 204 valence electrons. The highest BCUT2D eigenvalue weighted by Gasteiger charge is 2.21. The number of halogens is 1.